The van der Waals surface area contributed by atoms with E-state index in [1.54, 1.807) is 21.3 Å². The molecule has 0 N–H and O–H groups in total. The van der Waals surface area contributed by atoms with Crippen molar-refractivity contribution in [1.82, 2.24) is 0 Å². The van der Waals surface area contributed by atoms with Crippen LogP contribution in [-0.4, -0.2) is 36.7 Å². The molecular weight excluding hydrogens is 248 g/mol. The van der Waals surface area contributed by atoms with Gasteiger partial charge in [-0.3, -0.25) is 0 Å². The summed E-state index contributed by atoms with van der Waals surface area (Å²) >= 11 is 0. The summed E-state index contributed by atoms with van der Waals surface area (Å²) < 4.78 is 21.5. The predicted octanol–water partition coefficient (Wildman–Crippen LogP) is 2.18. The number of aryl methyl sites for hydroxylation is 1. The normalized spacial score (nSPS) is 18.9. The minimum absolute atomic E-state index is 0.324. The zero-order chi connectivity index (χ0) is 13.0. The first-order chi connectivity index (χ1) is 8.73. The van der Waals surface area contributed by atoms with Crippen molar-refractivity contribution in [3.8, 4) is 0 Å². The van der Waals surface area contributed by atoms with Gasteiger partial charge in [-0.15, -0.1) is 0 Å². The molecule has 0 aliphatic carbocycles. The van der Waals surface area contributed by atoms with E-state index in [9.17, 15) is 0 Å². The summed E-state index contributed by atoms with van der Waals surface area (Å²) in [6.07, 6.45) is 1.22. The fraction of sp³-hybridized carbons (Fsp3) is 0.538. The monoisotopic (exact) mass is 268 g/mol. The van der Waals surface area contributed by atoms with Gasteiger partial charge >= 0.3 is 8.80 Å². The predicted molar refractivity (Wildman–Crippen MR) is 70.4 cm³/mol. The lowest BCUT2D eigenvalue weighted by Crippen LogP contribution is -2.43. The highest BCUT2D eigenvalue weighted by Crippen LogP contribution is 2.29. The van der Waals surface area contributed by atoms with Gasteiger partial charge in [0, 0.05) is 27.4 Å². The Morgan fingerprint density at radius 3 is 2.11 bits per heavy atom. The smallest absolute Gasteiger partial charge is 0.377 e. The molecular formula is C13H20O4Si. The molecule has 1 heterocycles. The number of rotatable bonds is 7. The zero-order valence-corrected chi connectivity index (χ0v) is 12.1. The van der Waals surface area contributed by atoms with Gasteiger partial charge in [0.05, 0.1) is 6.61 Å². The van der Waals surface area contributed by atoms with Crippen LogP contribution in [-0.2, 0) is 24.4 Å². The van der Waals surface area contributed by atoms with E-state index in [2.05, 4.69) is 24.3 Å². The van der Waals surface area contributed by atoms with E-state index in [1.807, 2.05) is 0 Å². The van der Waals surface area contributed by atoms with Gasteiger partial charge < -0.3 is 18.0 Å². The van der Waals surface area contributed by atoms with Crippen LogP contribution in [0.4, 0.5) is 0 Å². The average molecular weight is 268 g/mol. The Morgan fingerprint density at radius 1 is 1.11 bits per heavy atom. The molecule has 0 aromatic heterocycles. The lowest BCUT2D eigenvalue weighted by molar-refractivity contribution is 0.123. The SMILES string of the molecule is CO[Si](CCc1ccc(C2CO2)cc1)(OC)OC. The molecule has 0 saturated carbocycles. The molecule has 0 radical (unpaired) electrons. The van der Waals surface area contributed by atoms with Crippen molar-refractivity contribution in [1.29, 1.82) is 0 Å². The lowest BCUT2D eigenvalue weighted by atomic mass is 10.1. The Morgan fingerprint density at radius 2 is 1.67 bits per heavy atom. The van der Waals surface area contributed by atoms with Crippen LogP contribution in [0.5, 0.6) is 0 Å². The molecule has 1 atom stereocenters. The first-order valence-corrected chi connectivity index (χ1v) is 8.02. The van der Waals surface area contributed by atoms with Gasteiger partial charge in [0.25, 0.3) is 0 Å². The number of epoxide rings is 1. The fourth-order valence-electron chi connectivity index (χ4n) is 1.99. The first kappa shape index (κ1) is 13.7. The molecule has 0 amide bonds. The molecule has 1 aliphatic heterocycles. The molecule has 4 nitrogen and oxygen atoms in total. The van der Waals surface area contributed by atoms with Crippen LogP contribution in [0.2, 0.25) is 6.04 Å². The van der Waals surface area contributed by atoms with E-state index in [4.69, 9.17) is 18.0 Å². The molecule has 5 heteroatoms. The molecule has 1 unspecified atom stereocenters. The highest BCUT2D eigenvalue weighted by atomic mass is 28.4. The lowest BCUT2D eigenvalue weighted by Gasteiger charge is -2.24. The van der Waals surface area contributed by atoms with E-state index >= 15 is 0 Å². The van der Waals surface area contributed by atoms with E-state index in [-0.39, 0.29) is 0 Å². The summed E-state index contributed by atoms with van der Waals surface area (Å²) in [6.45, 7) is 0.854. The van der Waals surface area contributed by atoms with Crippen molar-refractivity contribution in [3.05, 3.63) is 35.4 Å². The number of ether oxygens (including phenoxy) is 1. The third-order valence-electron chi connectivity index (χ3n) is 3.34. The maximum Gasteiger partial charge on any atom is 0.500 e. The quantitative estimate of drug-likeness (QED) is 0.561. The summed E-state index contributed by atoms with van der Waals surface area (Å²) in [4.78, 5) is 0. The summed E-state index contributed by atoms with van der Waals surface area (Å²) in [5.41, 5.74) is 2.52. The maximum absolute atomic E-state index is 5.40. The largest absolute Gasteiger partial charge is 0.500 e. The summed E-state index contributed by atoms with van der Waals surface area (Å²) in [6, 6.07) is 9.31. The van der Waals surface area contributed by atoms with Gasteiger partial charge in [-0.05, 0) is 17.5 Å². The Labute approximate surface area is 109 Å². The van der Waals surface area contributed by atoms with E-state index in [1.165, 1.54) is 11.1 Å². The Bertz CT molecular complexity index is 363. The second kappa shape index (κ2) is 5.95. The molecule has 18 heavy (non-hydrogen) atoms. The highest BCUT2D eigenvalue weighted by Gasteiger charge is 2.37. The van der Waals surface area contributed by atoms with Crippen LogP contribution in [0.15, 0.2) is 24.3 Å². The minimum Gasteiger partial charge on any atom is -0.377 e. The first-order valence-electron chi connectivity index (χ1n) is 6.09. The highest BCUT2D eigenvalue weighted by molar-refractivity contribution is 6.60. The summed E-state index contributed by atoms with van der Waals surface area (Å²) in [5.74, 6) is 0. The third kappa shape index (κ3) is 3.18. The Hall–Kier alpha value is -0.723. The van der Waals surface area contributed by atoms with E-state index in [0.717, 1.165) is 19.1 Å². The molecule has 100 valence electrons. The maximum atomic E-state index is 5.40. The molecule has 1 saturated heterocycles. The van der Waals surface area contributed by atoms with Crippen molar-refractivity contribution < 1.29 is 18.0 Å². The van der Waals surface area contributed by atoms with Crippen molar-refractivity contribution in [3.63, 3.8) is 0 Å². The molecule has 1 aromatic rings. The standard InChI is InChI=1S/C13H20O4Si/c1-14-18(15-2,16-3)9-8-11-4-6-12(7-5-11)13-10-17-13/h4-7,13H,8-10H2,1-3H3. The second-order valence-electron chi connectivity index (χ2n) is 4.36. The summed E-state index contributed by atoms with van der Waals surface area (Å²) in [5, 5.41) is 0. The van der Waals surface area contributed by atoms with Crippen LogP contribution in [0.25, 0.3) is 0 Å². The molecule has 1 fully saturated rings. The molecule has 0 spiro atoms. The van der Waals surface area contributed by atoms with E-state index < -0.39 is 8.80 Å². The number of benzene rings is 1. The second-order valence-corrected chi connectivity index (χ2v) is 7.45. The van der Waals surface area contributed by atoms with Crippen molar-refractivity contribution in [2.45, 2.75) is 18.6 Å². The van der Waals surface area contributed by atoms with Gasteiger partial charge in [-0.25, -0.2) is 0 Å². The Balaban J connectivity index is 1.92. The van der Waals surface area contributed by atoms with Crippen LogP contribution in [0.1, 0.15) is 17.2 Å². The summed E-state index contributed by atoms with van der Waals surface area (Å²) in [7, 11) is 2.49. The van der Waals surface area contributed by atoms with Gasteiger partial charge in [0.1, 0.15) is 6.10 Å². The van der Waals surface area contributed by atoms with Gasteiger partial charge in [0.2, 0.25) is 0 Å². The Kier molecular flexibility index (Phi) is 4.53. The van der Waals surface area contributed by atoms with Gasteiger partial charge in [-0.2, -0.15) is 0 Å². The third-order valence-corrected chi connectivity index (χ3v) is 6.07. The molecule has 1 aliphatic rings. The zero-order valence-electron chi connectivity index (χ0n) is 11.1. The van der Waals surface area contributed by atoms with Gasteiger partial charge in [-0.1, -0.05) is 24.3 Å². The molecule has 1 aromatic carbocycles. The van der Waals surface area contributed by atoms with Crippen LogP contribution < -0.4 is 0 Å². The molecule has 0 bridgehead atoms. The number of hydrogen-bond donors (Lipinski definition) is 0. The topological polar surface area (TPSA) is 40.2 Å². The fourth-order valence-corrected chi connectivity index (χ4v) is 3.70. The van der Waals surface area contributed by atoms with Crippen LogP contribution >= 0.6 is 0 Å². The average Bonchev–Trinajstić information content (AvgIpc) is 3.26. The molecule has 2 rings (SSSR count). The van der Waals surface area contributed by atoms with Crippen molar-refractivity contribution in [2.24, 2.45) is 0 Å². The van der Waals surface area contributed by atoms with Crippen molar-refractivity contribution in [2.75, 3.05) is 27.9 Å². The van der Waals surface area contributed by atoms with Crippen molar-refractivity contribution >= 4 is 8.80 Å². The van der Waals surface area contributed by atoms with Crippen LogP contribution in [0.3, 0.4) is 0 Å². The minimum atomic E-state index is -2.45. The van der Waals surface area contributed by atoms with Gasteiger partial charge in [0.15, 0.2) is 0 Å². The van der Waals surface area contributed by atoms with Crippen LogP contribution in [0, 0.1) is 0 Å². The van der Waals surface area contributed by atoms with E-state index in [0.29, 0.717) is 6.10 Å². The number of hydrogen-bond acceptors (Lipinski definition) is 4.